The lowest BCUT2D eigenvalue weighted by Crippen LogP contribution is -1.99. The van der Waals surface area contributed by atoms with E-state index in [1.54, 1.807) is 12.4 Å². The van der Waals surface area contributed by atoms with E-state index in [-0.39, 0.29) is 0 Å². The van der Waals surface area contributed by atoms with Crippen molar-refractivity contribution in [3.63, 3.8) is 0 Å². The Kier molecular flexibility index (Phi) is 4.07. The first kappa shape index (κ1) is 15.6. The molecule has 4 aromatic rings. The molecule has 0 aliphatic heterocycles. The molecule has 124 valence electrons. The number of nitrogens with zero attached hydrogens (tertiary/aromatic N) is 4. The van der Waals surface area contributed by atoms with E-state index >= 15 is 0 Å². The van der Waals surface area contributed by atoms with E-state index < -0.39 is 0 Å². The van der Waals surface area contributed by atoms with Crippen molar-refractivity contribution in [2.24, 2.45) is 0 Å². The van der Waals surface area contributed by atoms with Crippen LogP contribution >= 0.6 is 11.6 Å². The summed E-state index contributed by atoms with van der Waals surface area (Å²) in [5.41, 5.74) is 5.08. The number of hydrogen-bond donors (Lipinski definition) is 1. The van der Waals surface area contributed by atoms with Crippen LogP contribution in [0.3, 0.4) is 0 Å². The van der Waals surface area contributed by atoms with E-state index in [1.807, 2.05) is 60.4 Å². The summed E-state index contributed by atoms with van der Waals surface area (Å²) in [6, 6.07) is 11.8. The molecule has 3 heterocycles. The third kappa shape index (κ3) is 3.46. The topological polar surface area (TPSA) is 59.4 Å². The van der Waals surface area contributed by atoms with Gasteiger partial charge in [0.1, 0.15) is 5.69 Å². The number of pyridine rings is 1. The molecule has 0 atom stereocenters. The number of H-pyrrole nitrogens is 1. The largest absolute Gasteiger partial charge is 0.341 e. The average molecular weight is 350 g/mol. The lowest BCUT2D eigenvalue weighted by molar-refractivity contribution is 0.687. The first-order chi connectivity index (χ1) is 12.2. The first-order valence-corrected chi connectivity index (χ1v) is 8.30. The van der Waals surface area contributed by atoms with E-state index in [2.05, 4.69) is 20.1 Å². The molecular weight excluding hydrogens is 334 g/mol. The Morgan fingerprint density at radius 3 is 2.64 bits per heavy atom. The summed E-state index contributed by atoms with van der Waals surface area (Å²) in [6.45, 7) is 2.67. The second-order valence-corrected chi connectivity index (χ2v) is 6.33. The van der Waals surface area contributed by atoms with E-state index in [0.717, 1.165) is 38.9 Å². The van der Waals surface area contributed by atoms with Crippen LogP contribution in [-0.4, -0.2) is 24.7 Å². The number of rotatable bonds is 4. The van der Waals surface area contributed by atoms with Crippen LogP contribution < -0.4 is 0 Å². The first-order valence-electron chi connectivity index (χ1n) is 7.93. The lowest BCUT2D eigenvalue weighted by Gasteiger charge is -2.02. The molecule has 1 aromatic carbocycles. The predicted molar refractivity (Wildman–Crippen MR) is 98.3 cm³/mol. The second-order valence-electron chi connectivity index (χ2n) is 5.90. The molecule has 0 amide bonds. The minimum Gasteiger partial charge on any atom is -0.341 e. The number of aromatic nitrogens is 5. The van der Waals surface area contributed by atoms with Crippen molar-refractivity contribution < 1.29 is 0 Å². The Morgan fingerprint density at radius 1 is 1.04 bits per heavy atom. The van der Waals surface area contributed by atoms with Gasteiger partial charge in [-0.05, 0) is 42.3 Å². The highest BCUT2D eigenvalue weighted by atomic mass is 35.5. The van der Waals surface area contributed by atoms with Gasteiger partial charge in [-0.25, -0.2) is 4.98 Å². The van der Waals surface area contributed by atoms with Gasteiger partial charge < -0.3 is 4.98 Å². The molecule has 6 heteroatoms. The smallest absolute Gasteiger partial charge is 0.156 e. The Morgan fingerprint density at radius 2 is 1.88 bits per heavy atom. The molecule has 0 saturated heterocycles. The third-order valence-corrected chi connectivity index (χ3v) is 4.18. The maximum Gasteiger partial charge on any atom is 0.156 e. The van der Waals surface area contributed by atoms with Gasteiger partial charge in [-0.1, -0.05) is 23.7 Å². The van der Waals surface area contributed by atoms with E-state index in [0.29, 0.717) is 6.54 Å². The van der Waals surface area contributed by atoms with Crippen molar-refractivity contribution in [1.82, 2.24) is 24.7 Å². The minimum absolute atomic E-state index is 0.701. The number of nitrogens with one attached hydrogen (secondary N) is 1. The van der Waals surface area contributed by atoms with Crippen LogP contribution in [0.1, 0.15) is 11.3 Å². The molecule has 1 N–H and O–H groups in total. The molecule has 0 radical (unpaired) electrons. The van der Waals surface area contributed by atoms with Crippen LogP contribution in [0.5, 0.6) is 0 Å². The highest BCUT2D eigenvalue weighted by Crippen LogP contribution is 2.23. The van der Waals surface area contributed by atoms with Crippen LogP contribution in [0.15, 0.2) is 61.2 Å². The fourth-order valence-electron chi connectivity index (χ4n) is 2.66. The Balaban J connectivity index is 1.58. The molecule has 4 rings (SSSR count). The van der Waals surface area contributed by atoms with Crippen molar-refractivity contribution in [2.45, 2.75) is 13.5 Å². The minimum atomic E-state index is 0.701. The molecular formula is C19H16ClN5. The van der Waals surface area contributed by atoms with Gasteiger partial charge in [0.25, 0.3) is 0 Å². The summed E-state index contributed by atoms with van der Waals surface area (Å²) in [7, 11) is 0. The molecule has 0 saturated carbocycles. The molecule has 0 aliphatic carbocycles. The monoisotopic (exact) mass is 349 g/mol. The summed E-state index contributed by atoms with van der Waals surface area (Å²) >= 11 is 5.93. The molecule has 5 nitrogen and oxygen atoms in total. The fraction of sp³-hybridized carbons (Fsp3) is 0.105. The van der Waals surface area contributed by atoms with Crippen molar-refractivity contribution in [1.29, 1.82) is 0 Å². The number of halogens is 1. The van der Waals surface area contributed by atoms with Crippen molar-refractivity contribution >= 4 is 11.6 Å². The summed E-state index contributed by atoms with van der Waals surface area (Å²) in [5, 5.41) is 5.19. The summed E-state index contributed by atoms with van der Waals surface area (Å²) in [5.74, 6) is 0.771. The highest BCUT2D eigenvalue weighted by molar-refractivity contribution is 6.30. The Hall–Kier alpha value is -2.92. The van der Waals surface area contributed by atoms with E-state index in [4.69, 9.17) is 11.6 Å². The van der Waals surface area contributed by atoms with Gasteiger partial charge in [0.05, 0.1) is 12.7 Å². The summed E-state index contributed by atoms with van der Waals surface area (Å²) < 4.78 is 1.91. The van der Waals surface area contributed by atoms with Gasteiger partial charge in [-0.3, -0.25) is 9.67 Å². The number of imidazole rings is 1. The van der Waals surface area contributed by atoms with E-state index in [9.17, 15) is 0 Å². The highest BCUT2D eigenvalue weighted by Gasteiger charge is 2.07. The van der Waals surface area contributed by atoms with Gasteiger partial charge in [0, 0.05) is 34.9 Å². The lowest BCUT2D eigenvalue weighted by atomic mass is 10.1. The average Bonchev–Trinajstić information content (AvgIpc) is 3.26. The van der Waals surface area contributed by atoms with Gasteiger partial charge >= 0.3 is 0 Å². The zero-order chi connectivity index (χ0) is 17.2. The van der Waals surface area contributed by atoms with Crippen LogP contribution in [0, 0.1) is 6.92 Å². The number of hydrogen-bond acceptors (Lipinski definition) is 3. The van der Waals surface area contributed by atoms with Crippen molar-refractivity contribution in [3.8, 4) is 22.6 Å². The number of aryl methyl sites for hydroxylation is 1. The number of benzene rings is 1. The summed E-state index contributed by atoms with van der Waals surface area (Å²) in [4.78, 5) is 11.9. The second kappa shape index (κ2) is 6.53. The molecule has 25 heavy (non-hydrogen) atoms. The molecule has 0 spiro atoms. The third-order valence-electron chi connectivity index (χ3n) is 3.93. The van der Waals surface area contributed by atoms with Crippen molar-refractivity contribution in [2.75, 3.05) is 0 Å². The fourth-order valence-corrected chi connectivity index (χ4v) is 2.78. The van der Waals surface area contributed by atoms with Gasteiger partial charge in [-0.15, -0.1) is 0 Å². The molecule has 0 aliphatic rings. The number of aromatic amines is 1. The zero-order valence-electron chi connectivity index (χ0n) is 13.6. The molecule has 0 bridgehead atoms. The Labute approximate surface area is 150 Å². The zero-order valence-corrected chi connectivity index (χ0v) is 14.4. The molecule has 3 aromatic heterocycles. The van der Waals surface area contributed by atoms with Crippen LogP contribution in [0.25, 0.3) is 22.6 Å². The van der Waals surface area contributed by atoms with Crippen LogP contribution in [-0.2, 0) is 6.54 Å². The molecule has 0 fully saturated rings. The van der Waals surface area contributed by atoms with Gasteiger partial charge in [-0.2, -0.15) is 5.10 Å². The maximum absolute atomic E-state index is 5.93. The summed E-state index contributed by atoms with van der Waals surface area (Å²) in [6.07, 6.45) is 7.48. The van der Waals surface area contributed by atoms with Crippen molar-refractivity contribution in [3.05, 3.63) is 77.5 Å². The molecule has 0 unspecified atom stereocenters. The predicted octanol–water partition coefficient (Wildman–Crippen LogP) is 4.35. The SMILES string of the molecule is Cc1cnc(-c2cc(-c3cnn(Cc4ccc(Cl)cc4)c3)ccn2)[nH]1. The standard InChI is InChI=1S/C19H16ClN5/c1-13-9-22-19(24-13)18-8-15(6-7-21-18)16-10-23-25(12-16)11-14-2-4-17(20)5-3-14/h2-10,12H,11H2,1H3,(H,22,24). The normalized spacial score (nSPS) is 11.0. The van der Waals surface area contributed by atoms with Crippen LogP contribution in [0.2, 0.25) is 5.02 Å². The maximum atomic E-state index is 5.93. The van der Waals surface area contributed by atoms with Gasteiger partial charge in [0.2, 0.25) is 0 Å². The quantitative estimate of drug-likeness (QED) is 0.596. The van der Waals surface area contributed by atoms with Crippen LogP contribution in [0.4, 0.5) is 0 Å². The van der Waals surface area contributed by atoms with Gasteiger partial charge in [0.15, 0.2) is 5.82 Å². The Bertz CT molecular complexity index is 1000. The van der Waals surface area contributed by atoms with E-state index in [1.165, 1.54) is 0 Å².